The van der Waals surface area contributed by atoms with Crippen LogP contribution in [0.25, 0.3) is 0 Å². The van der Waals surface area contributed by atoms with Gasteiger partial charge in [0, 0.05) is 35.8 Å². The van der Waals surface area contributed by atoms with Crippen molar-refractivity contribution < 1.29 is 43.2 Å². The Hall–Kier alpha value is -2.98. The van der Waals surface area contributed by atoms with Crippen LogP contribution in [0.3, 0.4) is 0 Å². The number of rotatable bonds is 8. The lowest BCUT2D eigenvalue weighted by atomic mass is 9.44. The average molecular weight is 443 g/mol. The number of nitrogens with zero attached hydrogens (tertiary/aromatic N) is 1. The molecule has 2 bridgehead atoms. The minimum Gasteiger partial charge on any atom is -0.508 e. The first-order chi connectivity index (χ1) is 14.4. The maximum atomic E-state index is 14.5. The van der Waals surface area contributed by atoms with Crippen LogP contribution in [-0.4, -0.2) is 40.3 Å². The van der Waals surface area contributed by atoms with Gasteiger partial charge in [0.1, 0.15) is 17.3 Å². The highest BCUT2D eigenvalue weighted by atomic mass is 19.3. The summed E-state index contributed by atoms with van der Waals surface area (Å²) in [6, 6.07) is 1.38. The zero-order valence-electron chi connectivity index (χ0n) is 17.0. The van der Waals surface area contributed by atoms with Crippen LogP contribution in [0.4, 0.5) is 8.78 Å². The van der Waals surface area contributed by atoms with E-state index in [9.17, 15) is 38.7 Å². The summed E-state index contributed by atoms with van der Waals surface area (Å²) in [6.45, 7) is 2.89. The van der Waals surface area contributed by atoms with Gasteiger partial charge in [-0.15, -0.1) is 10.1 Å². The van der Waals surface area contributed by atoms with E-state index >= 15 is 0 Å². The first-order valence-electron chi connectivity index (χ1n) is 9.78. The fourth-order valence-corrected chi connectivity index (χ4v) is 4.75. The molecular formula is C20H23F2NO8. The van der Waals surface area contributed by atoms with Crippen molar-refractivity contribution in [3.8, 4) is 11.5 Å². The molecule has 4 rings (SSSR count). The molecule has 0 aromatic heterocycles. The van der Waals surface area contributed by atoms with Gasteiger partial charge in [-0.25, -0.2) is 4.79 Å². The molecule has 170 valence electrons. The summed E-state index contributed by atoms with van der Waals surface area (Å²) < 4.78 is 33.4. The van der Waals surface area contributed by atoms with E-state index in [2.05, 4.69) is 9.57 Å². The second kappa shape index (κ2) is 7.93. The van der Waals surface area contributed by atoms with Gasteiger partial charge in [-0.3, -0.25) is 4.79 Å². The zero-order chi connectivity index (χ0) is 23.1. The van der Waals surface area contributed by atoms with Crippen molar-refractivity contribution in [2.75, 3.05) is 13.2 Å². The number of halogens is 2. The first-order valence-corrected chi connectivity index (χ1v) is 9.78. The number of Topliss-reactive ketones (excluding diaryl/α,β-unsaturated/α-hetero) is 1. The van der Waals surface area contributed by atoms with E-state index in [0.29, 0.717) is 18.6 Å². The molecule has 0 radical (unpaired) electrons. The Morgan fingerprint density at radius 3 is 2.42 bits per heavy atom. The van der Waals surface area contributed by atoms with E-state index < -0.39 is 53.2 Å². The molecule has 0 amide bonds. The largest absolute Gasteiger partial charge is 0.508 e. The van der Waals surface area contributed by atoms with E-state index in [1.54, 1.807) is 0 Å². The summed E-state index contributed by atoms with van der Waals surface area (Å²) >= 11 is 0. The first kappa shape index (κ1) is 22.7. The van der Waals surface area contributed by atoms with Crippen LogP contribution in [0, 0.1) is 27.4 Å². The number of phenols is 2. The molecule has 0 heterocycles. The lowest BCUT2D eigenvalue weighted by molar-refractivity contribution is -0.757. The second-order valence-electron chi connectivity index (χ2n) is 8.54. The van der Waals surface area contributed by atoms with Crippen LogP contribution in [0.2, 0.25) is 0 Å². The van der Waals surface area contributed by atoms with Crippen molar-refractivity contribution in [1.29, 1.82) is 0 Å². The summed E-state index contributed by atoms with van der Waals surface area (Å²) in [4.78, 5) is 38.2. The van der Waals surface area contributed by atoms with E-state index in [-0.39, 0.29) is 41.4 Å². The predicted molar refractivity (Wildman–Crippen MR) is 99.9 cm³/mol. The summed E-state index contributed by atoms with van der Waals surface area (Å²) in [5, 5.41) is 29.8. The fraction of sp³-hybridized carbons (Fsp3) is 0.600. The highest BCUT2D eigenvalue weighted by Crippen LogP contribution is 2.64. The Bertz CT molecular complexity index is 893. The Balaban J connectivity index is 1.76. The minimum absolute atomic E-state index is 0.00436. The number of aromatic hydroxyl groups is 2. The molecule has 3 aliphatic carbocycles. The van der Waals surface area contributed by atoms with Gasteiger partial charge >= 0.3 is 11.9 Å². The third kappa shape index (κ3) is 4.00. The van der Waals surface area contributed by atoms with Gasteiger partial charge in [0.2, 0.25) is 0 Å². The van der Waals surface area contributed by atoms with Crippen LogP contribution in [-0.2, 0) is 25.1 Å². The normalized spacial score (nSPS) is 24.3. The molecule has 3 saturated carbocycles. The van der Waals surface area contributed by atoms with Crippen molar-refractivity contribution in [1.82, 2.24) is 0 Å². The number of esters is 1. The number of benzene rings is 1. The van der Waals surface area contributed by atoms with Crippen LogP contribution in [0.15, 0.2) is 12.1 Å². The zero-order valence-corrected chi connectivity index (χ0v) is 17.0. The fourth-order valence-electron chi connectivity index (χ4n) is 4.75. The van der Waals surface area contributed by atoms with Crippen molar-refractivity contribution in [3.63, 3.8) is 0 Å². The average Bonchev–Trinajstić information content (AvgIpc) is 2.65. The molecule has 11 heteroatoms. The van der Waals surface area contributed by atoms with Gasteiger partial charge in [0.15, 0.2) is 0 Å². The maximum absolute atomic E-state index is 14.5. The lowest BCUT2D eigenvalue weighted by Crippen LogP contribution is -2.56. The Kier molecular flexibility index (Phi) is 5.81. The Labute approximate surface area is 176 Å². The number of ether oxygens (including phenoxy) is 1. The summed E-state index contributed by atoms with van der Waals surface area (Å²) in [5.41, 5.74) is -1.26. The Morgan fingerprint density at radius 1 is 1.29 bits per heavy atom. The Morgan fingerprint density at radius 2 is 1.90 bits per heavy atom. The molecule has 31 heavy (non-hydrogen) atoms. The molecule has 0 aliphatic heterocycles. The third-order valence-electron chi connectivity index (χ3n) is 6.48. The van der Waals surface area contributed by atoms with Crippen molar-refractivity contribution in [3.05, 3.63) is 33.4 Å². The highest BCUT2D eigenvalue weighted by Gasteiger charge is 2.59. The monoisotopic (exact) mass is 443 g/mol. The summed E-state index contributed by atoms with van der Waals surface area (Å²) in [7, 11) is 0. The van der Waals surface area contributed by atoms with Gasteiger partial charge in [-0.2, -0.15) is 8.78 Å². The quantitative estimate of drug-likeness (QED) is 0.271. The van der Waals surface area contributed by atoms with Crippen LogP contribution < -0.4 is 0 Å². The van der Waals surface area contributed by atoms with Crippen LogP contribution >= 0.6 is 0 Å². The van der Waals surface area contributed by atoms with Crippen molar-refractivity contribution >= 4 is 11.8 Å². The topological polar surface area (TPSA) is 136 Å². The molecule has 1 aromatic carbocycles. The molecule has 3 atom stereocenters. The molecule has 0 spiro atoms. The number of carbonyl (C=O) groups excluding carboxylic acids is 2. The standard InChI is InChI=1S/C20H23F2NO8/c1-19(2)12-9-13(19)14(24)8-11(12)17-15(25)6-10(7-16(17)26)20(21,22)18(27)30-4-3-5-31-23(28)29/h6-7,11-13,25-26H,3-5,8-9H2,1-2H3/t11-,12-,13+/m0/s1. The van der Waals surface area contributed by atoms with Gasteiger partial charge in [0.25, 0.3) is 5.09 Å². The van der Waals surface area contributed by atoms with Crippen LogP contribution in [0.1, 0.15) is 50.2 Å². The number of fused-ring (bicyclic) bond motifs is 2. The van der Waals surface area contributed by atoms with Gasteiger partial charge in [-0.05, 0) is 29.9 Å². The third-order valence-corrected chi connectivity index (χ3v) is 6.48. The second-order valence-corrected chi connectivity index (χ2v) is 8.54. The van der Waals surface area contributed by atoms with E-state index in [4.69, 9.17) is 0 Å². The minimum atomic E-state index is -4.18. The van der Waals surface area contributed by atoms with Crippen molar-refractivity contribution in [2.24, 2.45) is 17.3 Å². The molecule has 0 saturated heterocycles. The maximum Gasteiger partial charge on any atom is 0.381 e. The summed E-state index contributed by atoms with van der Waals surface area (Å²) in [6.07, 6.45) is 0.537. The highest BCUT2D eigenvalue weighted by molar-refractivity contribution is 5.86. The van der Waals surface area contributed by atoms with Gasteiger partial charge < -0.3 is 19.8 Å². The molecule has 1 aromatic rings. The molecule has 3 aliphatic rings. The van der Waals surface area contributed by atoms with E-state index in [1.807, 2.05) is 13.8 Å². The number of hydrogen-bond donors (Lipinski definition) is 2. The number of hydrogen-bond acceptors (Lipinski definition) is 8. The number of ketones is 1. The van der Waals surface area contributed by atoms with Crippen LogP contribution in [0.5, 0.6) is 11.5 Å². The molecule has 0 unspecified atom stereocenters. The van der Waals surface area contributed by atoms with Gasteiger partial charge in [0.05, 0.1) is 13.2 Å². The predicted octanol–water partition coefficient (Wildman–Crippen LogP) is 3.05. The number of carbonyl (C=O) groups is 2. The molecule has 2 N–H and O–H groups in total. The molecule has 9 nitrogen and oxygen atoms in total. The van der Waals surface area contributed by atoms with Gasteiger partial charge in [-0.1, -0.05) is 13.8 Å². The molecular weight excluding hydrogens is 420 g/mol. The smallest absolute Gasteiger partial charge is 0.381 e. The lowest BCUT2D eigenvalue weighted by Gasteiger charge is -2.59. The summed E-state index contributed by atoms with van der Waals surface area (Å²) in [5.74, 6) is -7.94. The van der Waals surface area contributed by atoms with E-state index in [0.717, 1.165) is 0 Å². The van der Waals surface area contributed by atoms with E-state index in [1.165, 1.54) is 0 Å². The SMILES string of the molecule is CC1(C)[C@@H]2C[C@H]1[C@@H](c1c(O)cc(C(F)(F)C(=O)OCCCO[N+](=O)[O-])cc1O)CC2=O. The molecule has 3 fully saturated rings. The number of alkyl halides is 2. The van der Waals surface area contributed by atoms with Crippen molar-refractivity contribution in [2.45, 2.75) is 45.0 Å². The number of phenolic OH excluding ortho intramolecular Hbond substituents is 2.